The number of amides is 1. The van der Waals surface area contributed by atoms with Crippen LogP contribution in [0, 0.1) is 0 Å². The van der Waals surface area contributed by atoms with Gasteiger partial charge in [-0.2, -0.15) is 4.31 Å². The van der Waals surface area contributed by atoms with E-state index in [0.29, 0.717) is 6.54 Å². The average Bonchev–Trinajstić information content (AvgIpc) is 2.38. The van der Waals surface area contributed by atoms with Crippen LogP contribution in [-0.2, 0) is 14.8 Å². The van der Waals surface area contributed by atoms with Crippen molar-refractivity contribution in [1.29, 1.82) is 0 Å². The first-order valence-corrected chi connectivity index (χ1v) is 7.50. The van der Waals surface area contributed by atoms with Gasteiger partial charge in [0.1, 0.15) is 4.90 Å². The molecule has 1 rings (SSSR count). The minimum atomic E-state index is -3.97. The summed E-state index contributed by atoms with van der Waals surface area (Å²) in [5.74, 6) is -1.65. The first-order valence-electron chi connectivity index (χ1n) is 6.06. The van der Waals surface area contributed by atoms with Gasteiger partial charge in [0.2, 0.25) is 15.9 Å². The number of sulfonamides is 1. The topological polar surface area (TPSA) is 130 Å². The number of nitrogens with two attached hydrogens (primary N) is 1. The number of hydrogen-bond acceptors (Lipinski definition) is 5. The first kappa shape index (κ1) is 16.9. The van der Waals surface area contributed by atoms with E-state index in [1.54, 1.807) is 6.92 Å². The molecule has 0 aliphatic rings. The van der Waals surface area contributed by atoms with Gasteiger partial charge in [-0.25, -0.2) is 13.2 Å². The Labute approximate surface area is 122 Å². The van der Waals surface area contributed by atoms with Gasteiger partial charge >= 0.3 is 5.97 Å². The summed E-state index contributed by atoms with van der Waals surface area (Å²) < 4.78 is 25.4. The van der Waals surface area contributed by atoms with Gasteiger partial charge in [-0.05, 0) is 25.1 Å². The van der Waals surface area contributed by atoms with Crippen molar-refractivity contribution in [3.05, 3.63) is 23.8 Å². The van der Waals surface area contributed by atoms with Crippen molar-refractivity contribution in [3.63, 3.8) is 0 Å². The summed E-state index contributed by atoms with van der Waals surface area (Å²) in [6.07, 6.45) is 0. The number of carboxylic acid groups (broad SMARTS) is 1. The van der Waals surface area contributed by atoms with Gasteiger partial charge in [-0.1, -0.05) is 0 Å². The highest BCUT2D eigenvalue weighted by Gasteiger charge is 2.25. The lowest BCUT2D eigenvalue weighted by atomic mass is 10.2. The number of nitrogens with one attached hydrogen (secondary N) is 1. The molecule has 116 valence electrons. The van der Waals surface area contributed by atoms with Crippen molar-refractivity contribution >= 4 is 27.6 Å². The molecular formula is C12H17N3O5S. The van der Waals surface area contributed by atoms with Crippen LogP contribution >= 0.6 is 0 Å². The molecule has 0 aliphatic carbocycles. The van der Waals surface area contributed by atoms with Gasteiger partial charge in [0, 0.05) is 13.6 Å². The van der Waals surface area contributed by atoms with E-state index < -0.39 is 21.9 Å². The number of aromatic carboxylic acids is 1. The first-order chi connectivity index (χ1) is 9.70. The molecule has 1 aromatic carbocycles. The minimum Gasteiger partial charge on any atom is -0.478 e. The van der Waals surface area contributed by atoms with Gasteiger partial charge in [0.15, 0.2) is 0 Å². The van der Waals surface area contributed by atoms with Crippen LogP contribution in [-0.4, -0.2) is 49.8 Å². The normalized spacial score (nSPS) is 11.4. The van der Waals surface area contributed by atoms with Crippen molar-refractivity contribution in [2.75, 3.05) is 25.9 Å². The molecule has 0 fully saturated rings. The van der Waals surface area contributed by atoms with Crippen molar-refractivity contribution in [1.82, 2.24) is 9.62 Å². The predicted octanol–water partition coefficient (Wildman–Crippen LogP) is -0.276. The number of likely N-dealkylation sites (N-methyl/N-ethyl adjacent to an activating group) is 2. The average molecular weight is 315 g/mol. The molecule has 0 unspecified atom stereocenters. The van der Waals surface area contributed by atoms with Crippen LogP contribution in [0.2, 0.25) is 0 Å². The number of anilines is 1. The highest BCUT2D eigenvalue weighted by atomic mass is 32.2. The maximum absolute atomic E-state index is 12.3. The lowest BCUT2D eigenvalue weighted by Gasteiger charge is -2.18. The van der Waals surface area contributed by atoms with Gasteiger partial charge in [-0.3, -0.25) is 4.79 Å². The molecular weight excluding hydrogens is 298 g/mol. The summed E-state index contributed by atoms with van der Waals surface area (Å²) in [5.41, 5.74) is 5.31. The molecule has 0 bridgehead atoms. The molecule has 0 saturated carbocycles. The molecule has 9 heteroatoms. The van der Waals surface area contributed by atoms with Crippen LogP contribution in [0.3, 0.4) is 0 Å². The minimum absolute atomic E-state index is 0.113. The molecule has 0 aliphatic heterocycles. The maximum Gasteiger partial charge on any atom is 0.335 e. The van der Waals surface area contributed by atoms with Crippen molar-refractivity contribution in [2.24, 2.45) is 0 Å². The van der Waals surface area contributed by atoms with Crippen molar-refractivity contribution in [2.45, 2.75) is 11.8 Å². The zero-order valence-electron chi connectivity index (χ0n) is 11.7. The number of nitrogen functional groups attached to an aromatic ring is 1. The number of nitrogens with zero attached hydrogens (tertiary/aromatic N) is 1. The van der Waals surface area contributed by atoms with E-state index in [0.717, 1.165) is 22.5 Å². The number of carboxylic acids is 1. The van der Waals surface area contributed by atoms with Crippen LogP contribution in [0.15, 0.2) is 23.1 Å². The quantitative estimate of drug-likeness (QED) is 0.619. The van der Waals surface area contributed by atoms with Crippen LogP contribution < -0.4 is 11.1 Å². The SMILES string of the molecule is CCNC(=O)CN(C)S(=O)(=O)c1ccc(C(=O)O)cc1N. The molecule has 0 spiro atoms. The smallest absolute Gasteiger partial charge is 0.335 e. The van der Waals surface area contributed by atoms with Crippen LogP contribution in [0.25, 0.3) is 0 Å². The zero-order valence-corrected chi connectivity index (χ0v) is 12.5. The fourth-order valence-electron chi connectivity index (χ4n) is 1.62. The molecule has 0 saturated heterocycles. The number of hydrogen-bond donors (Lipinski definition) is 3. The monoisotopic (exact) mass is 315 g/mol. The molecule has 8 nitrogen and oxygen atoms in total. The Bertz CT molecular complexity index is 657. The Morgan fingerprint density at radius 1 is 1.38 bits per heavy atom. The fraction of sp³-hybridized carbons (Fsp3) is 0.333. The number of carbonyl (C=O) groups is 2. The molecule has 4 N–H and O–H groups in total. The fourth-order valence-corrected chi connectivity index (χ4v) is 2.84. The Hall–Kier alpha value is -2.13. The second kappa shape index (κ2) is 6.55. The predicted molar refractivity (Wildman–Crippen MR) is 76.3 cm³/mol. The Morgan fingerprint density at radius 3 is 2.48 bits per heavy atom. The largest absolute Gasteiger partial charge is 0.478 e. The summed E-state index contributed by atoms with van der Waals surface area (Å²) in [4.78, 5) is 22.0. The van der Waals surface area contributed by atoms with E-state index >= 15 is 0 Å². The second-order valence-corrected chi connectivity index (χ2v) is 6.29. The molecule has 0 radical (unpaired) electrons. The van der Waals surface area contributed by atoms with E-state index in [2.05, 4.69) is 5.32 Å². The molecule has 1 amide bonds. The van der Waals surface area contributed by atoms with E-state index in [1.807, 2.05) is 0 Å². The van der Waals surface area contributed by atoms with Gasteiger partial charge in [0.05, 0.1) is 17.8 Å². The number of benzene rings is 1. The van der Waals surface area contributed by atoms with Gasteiger partial charge in [-0.15, -0.1) is 0 Å². The van der Waals surface area contributed by atoms with Crippen molar-refractivity contribution < 1.29 is 23.1 Å². The Balaban J connectivity index is 3.07. The number of carbonyl (C=O) groups excluding carboxylic acids is 1. The molecule has 1 aromatic rings. The standard InChI is InChI=1S/C12H17N3O5S/c1-3-14-11(16)7-15(2)21(19,20)10-5-4-8(12(17)18)6-9(10)13/h4-6H,3,7,13H2,1-2H3,(H,14,16)(H,17,18). The molecule has 21 heavy (non-hydrogen) atoms. The Morgan fingerprint density at radius 2 is 2.00 bits per heavy atom. The lowest BCUT2D eigenvalue weighted by molar-refractivity contribution is -0.121. The highest BCUT2D eigenvalue weighted by molar-refractivity contribution is 7.89. The summed E-state index contributed by atoms with van der Waals surface area (Å²) in [7, 11) is -2.73. The van der Waals surface area contributed by atoms with Crippen molar-refractivity contribution in [3.8, 4) is 0 Å². The van der Waals surface area contributed by atoms with Crippen LogP contribution in [0.4, 0.5) is 5.69 Å². The van der Waals surface area contributed by atoms with E-state index in [9.17, 15) is 18.0 Å². The van der Waals surface area contributed by atoms with E-state index in [4.69, 9.17) is 10.8 Å². The van der Waals surface area contributed by atoms with E-state index in [1.165, 1.54) is 7.05 Å². The molecule has 0 atom stereocenters. The molecule has 0 heterocycles. The van der Waals surface area contributed by atoms with Crippen LogP contribution in [0.1, 0.15) is 17.3 Å². The molecule has 0 aromatic heterocycles. The summed E-state index contributed by atoms with van der Waals surface area (Å²) >= 11 is 0. The number of rotatable bonds is 6. The Kier molecular flexibility index (Phi) is 5.28. The third-order valence-corrected chi connectivity index (χ3v) is 4.56. The third kappa shape index (κ3) is 3.92. The lowest BCUT2D eigenvalue weighted by Crippen LogP contribution is -2.38. The zero-order chi connectivity index (χ0) is 16.2. The summed E-state index contributed by atoms with van der Waals surface area (Å²) in [5, 5.41) is 11.3. The van der Waals surface area contributed by atoms with Crippen LogP contribution in [0.5, 0.6) is 0 Å². The van der Waals surface area contributed by atoms with E-state index in [-0.39, 0.29) is 22.7 Å². The maximum atomic E-state index is 12.3. The van der Waals surface area contributed by atoms with Gasteiger partial charge in [0.25, 0.3) is 0 Å². The van der Waals surface area contributed by atoms with Gasteiger partial charge < -0.3 is 16.2 Å². The second-order valence-electron chi connectivity index (χ2n) is 4.27. The third-order valence-electron chi connectivity index (χ3n) is 2.69. The summed E-state index contributed by atoms with van der Waals surface area (Å²) in [6.45, 7) is 1.76. The summed E-state index contributed by atoms with van der Waals surface area (Å²) in [6, 6.07) is 3.32. The highest BCUT2D eigenvalue weighted by Crippen LogP contribution is 2.22.